The van der Waals surface area contributed by atoms with Gasteiger partial charge in [-0.05, 0) is 18.2 Å². The van der Waals surface area contributed by atoms with Crippen LogP contribution >= 0.6 is 34.8 Å². The number of ether oxygens (including phenoxy) is 1. The summed E-state index contributed by atoms with van der Waals surface area (Å²) in [6, 6.07) is 3.17. The van der Waals surface area contributed by atoms with Crippen LogP contribution in [0.5, 0.6) is 5.75 Å². The van der Waals surface area contributed by atoms with E-state index >= 15 is 0 Å². The second-order valence-corrected chi connectivity index (χ2v) is 4.74. The lowest BCUT2D eigenvalue weighted by molar-refractivity contribution is 0.349. The molecule has 1 N–H and O–H groups in total. The van der Waals surface area contributed by atoms with Crippen LogP contribution in [0.1, 0.15) is 6.92 Å². The molecule has 2 nitrogen and oxygen atoms in total. The van der Waals surface area contributed by atoms with Gasteiger partial charge in [0.2, 0.25) is 0 Å². The molecule has 0 radical (unpaired) electrons. The molecule has 0 aliphatic heterocycles. The van der Waals surface area contributed by atoms with Crippen molar-refractivity contribution in [1.82, 2.24) is 5.32 Å². The molecule has 17 heavy (non-hydrogen) atoms. The highest BCUT2D eigenvalue weighted by Crippen LogP contribution is 2.33. The van der Waals surface area contributed by atoms with Crippen molar-refractivity contribution < 1.29 is 4.74 Å². The minimum absolute atomic E-state index is 0.394. The maximum absolute atomic E-state index is 5.98. The third-order valence-electron chi connectivity index (χ3n) is 2.03. The predicted molar refractivity (Wildman–Crippen MR) is 74.7 cm³/mol. The minimum atomic E-state index is 0.394. The second-order valence-electron chi connectivity index (χ2n) is 3.52. The summed E-state index contributed by atoms with van der Waals surface area (Å²) in [7, 11) is 0. The Balaban J connectivity index is 2.57. The maximum Gasteiger partial charge on any atom is 0.139 e. The Bertz CT molecular complexity index is 407. The fourth-order valence-electron chi connectivity index (χ4n) is 1.15. The molecule has 5 heteroatoms. The summed E-state index contributed by atoms with van der Waals surface area (Å²) in [5.74, 6) is 0.513. The van der Waals surface area contributed by atoms with E-state index in [4.69, 9.17) is 39.5 Å². The zero-order chi connectivity index (χ0) is 12.8. The second kappa shape index (κ2) is 7.12. The molecule has 0 atom stereocenters. The topological polar surface area (TPSA) is 21.3 Å². The molecule has 0 saturated heterocycles. The van der Waals surface area contributed by atoms with Crippen LogP contribution in [0.3, 0.4) is 0 Å². The van der Waals surface area contributed by atoms with Crippen LogP contribution in [-0.2, 0) is 0 Å². The van der Waals surface area contributed by atoms with Gasteiger partial charge in [-0.15, -0.1) is 0 Å². The molecule has 0 saturated carbocycles. The first-order chi connectivity index (χ1) is 8.04. The van der Waals surface area contributed by atoms with E-state index < -0.39 is 0 Å². The van der Waals surface area contributed by atoms with Gasteiger partial charge in [0.1, 0.15) is 12.4 Å². The van der Waals surface area contributed by atoms with Crippen LogP contribution in [0.25, 0.3) is 0 Å². The zero-order valence-electron chi connectivity index (χ0n) is 9.53. The van der Waals surface area contributed by atoms with Crippen molar-refractivity contribution >= 4 is 34.8 Å². The maximum atomic E-state index is 5.98. The van der Waals surface area contributed by atoms with Crippen molar-refractivity contribution in [3.8, 4) is 5.75 Å². The van der Waals surface area contributed by atoms with Gasteiger partial charge < -0.3 is 10.1 Å². The average molecular weight is 295 g/mol. The minimum Gasteiger partial charge on any atom is -0.488 e. The summed E-state index contributed by atoms with van der Waals surface area (Å²) in [6.07, 6.45) is 0. The first-order valence-electron chi connectivity index (χ1n) is 5.19. The van der Waals surface area contributed by atoms with Gasteiger partial charge in [-0.2, -0.15) is 0 Å². The summed E-state index contributed by atoms with van der Waals surface area (Å²) in [4.78, 5) is 0. The van der Waals surface area contributed by atoms with Crippen LogP contribution < -0.4 is 10.1 Å². The summed E-state index contributed by atoms with van der Waals surface area (Å²) < 4.78 is 5.52. The van der Waals surface area contributed by atoms with E-state index in [0.717, 1.165) is 18.7 Å². The molecule has 0 aliphatic carbocycles. The summed E-state index contributed by atoms with van der Waals surface area (Å²) in [5.41, 5.74) is 0.939. The average Bonchev–Trinajstić information content (AvgIpc) is 2.29. The quantitative estimate of drug-likeness (QED) is 0.627. The van der Waals surface area contributed by atoms with Gasteiger partial charge in [-0.25, -0.2) is 0 Å². The molecular weight excluding hydrogens is 280 g/mol. The monoisotopic (exact) mass is 293 g/mol. The highest BCUT2D eigenvalue weighted by molar-refractivity contribution is 6.43. The summed E-state index contributed by atoms with van der Waals surface area (Å²) in [6.45, 7) is 7.93. The number of hydrogen-bond donors (Lipinski definition) is 1. The molecule has 0 fully saturated rings. The largest absolute Gasteiger partial charge is 0.488 e. The van der Waals surface area contributed by atoms with Gasteiger partial charge in [0.05, 0.1) is 15.1 Å². The third-order valence-corrected chi connectivity index (χ3v) is 3.05. The standard InChI is InChI=1S/C12H14Cl3NO/c1-3-16-6-8(2)7-17-12-5-10(14)9(13)4-11(12)15/h4-5,16H,2-3,6-7H2,1H3. The molecule has 0 spiro atoms. The highest BCUT2D eigenvalue weighted by Gasteiger charge is 2.07. The number of nitrogens with one attached hydrogen (secondary N) is 1. The third kappa shape index (κ3) is 4.76. The number of rotatable bonds is 6. The van der Waals surface area contributed by atoms with E-state index in [9.17, 15) is 0 Å². The first kappa shape index (κ1) is 14.7. The highest BCUT2D eigenvalue weighted by atomic mass is 35.5. The fourth-order valence-corrected chi connectivity index (χ4v) is 1.74. The molecule has 1 rings (SSSR count). The summed E-state index contributed by atoms with van der Waals surface area (Å²) in [5, 5.41) is 4.43. The van der Waals surface area contributed by atoms with Crippen LogP contribution in [-0.4, -0.2) is 19.7 Å². The van der Waals surface area contributed by atoms with Gasteiger partial charge in [0.25, 0.3) is 0 Å². The molecule has 0 amide bonds. The Morgan fingerprint density at radius 3 is 2.53 bits per heavy atom. The Morgan fingerprint density at radius 1 is 1.24 bits per heavy atom. The first-order valence-corrected chi connectivity index (χ1v) is 6.32. The van der Waals surface area contributed by atoms with E-state index in [0.29, 0.717) is 27.4 Å². The predicted octanol–water partition coefficient (Wildman–Crippen LogP) is 4.19. The van der Waals surface area contributed by atoms with Crippen molar-refractivity contribution in [2.24, 2.45) is 0 Å². The normalized spacial score (nSPS) is 10.4. The Kier molecular flexibility index (Phi) is 6.14. The summed E-state index contributed by atoms with van der Waals surface area (Å²) >= 11 is 17.7. The number of benzene rings is 1. The number of halogens is 3. The van der Waals surface area contributed by atoms with Crippen molar-refractivity contribution in [1.29, 1.82) is 0 Å². The lowest BCUT2D eigenvalue weighted by Crippen LogP contribution is -2.18. The van der Waals surface area contributed by atoms with Gasteiger partial charge in [0.15, 0.2) is 0 Å². The van der Waals surface area contributed by atoms with E-state index in [-0.39, 0.29) is 0 Å². The fraction of sp³-hybridized carbons (Fsp3) is 0.333. The number of likely N-dealkylation sites (N-methyl/N-ethyl adjacent to an activating group) is 1. The molecule has 1 aromatic carbocycles. The molecule has 1 aromatic rings. The lowest BCUT2D eigenvalue weighted by Gasteiger charge is -2.11. The van der Waals surface area contributed by atoms with Crippen LogP contribution in [0.4, 0.5) is 0 Å². The van der Waals surface area contributed by atoms with Gasteiger partial charge in [-0.3, -0.25) is 0 Å². The van der Waals surface area contributed by atoms with Crippen molar-refractivity contribution in [3.63, 3.8) is 0 Å². The van der Waals surface area contributed by atoms with E-state index in [1.807, 2.05) is 6.92 Å². The van der Waals surface area contributed by atoms with Crippen LogP contribution in [0.2, 0.25) is 15.1 Å². The Morgan fingerprint density at radius 2 is 1.88 bits per heavy atom. The van der Waals surface area contributed by atoms with Gasteiger partial charge in [-0.1, -0.05) is 48.3 Å². The van der Waals surface area contributed by atoms with Gasteiger partial charge in [0, 0.05) is 12.6 Å². The van der Waals surface area contributed by atoms with E-state index in [1.54, 1.807) is 12.1 Å². The van der Waals surface area contributed by atoms with Crippen LogP contribution in [0, 0.1) is 0 Å². The van der Waals surface area contributed by atoms with Gasteiger partial charge >= 0.3 is 0 Å². The van der Waals surface area contributed by atoms with E-state index in [1.165, 1.54) is 0 Å². The van der Waals surface area contributed by atoms with Crippen molar-refractivity contribution in [2.45, 2.75) is 6.92 Å². The molecule has 0 aromatic heterocycles. The lowest BCUT2D eigenvalue weighted by atomic mass is 10.3. The Hall–Kier alpha value is -0.410. The molecule has 94 valence electrons. The Labute approximate surface area is 117 Å². The van der Waals surface area contributed by atoms with Crippen molar-refractivity contribution in [2.75, 3.05) is 19.7 Å². The zero-order valence-corrected chi connectivity index (χ0v) is 11.8. The number of hydrogen-bond acceptors (Lipinski definition) is 2. The smallest absolute Gasteiger partial charge is 0.139 e. The molecular formula is C12H14Cl3NO. The molecule has 0 bridgehead atoms. The SMILES string of the molecule is C=C(CNCC)COc1cc(Cl)c(Cl)cc1Cl. The van der Waals surface area contributed by atoms with E-state index in [2.05, 4.69) is 11.9 Å². The molecule has 0 heterocycles. The van der Waals surface area contributed by atoms with Crippen molar-refractivity contribution in [3.05, 3.63) is 39.4 Å². The molecule has 0 aliphatic rings. The molecule has 0 unspecified atom stereocenters. The van der Waals surface area contributed by atoms with Crippen LogP contribution in [0.15, 0.2) is 24.3 Å².